The molecule has 112 valence electrons. The summed E-state index contributed by atoms with van der Waals surface area (Å²) in [4.78, 5) is 12.0. The highest BCUT2D eigenvalue weighted by Crippen LogP contribution is 2.28. The lowest BCUT2D eigenvalue weighted by Gasteiger charge is -2.31. The summed E-state index contributed by atoms with van der Waals surface area (Å²) in [6.45, 7) is 8.56. The number of aromatic nitrogens is 2. The molecule has 1 saturated heterocycles. The molecule has 0 spiro atoms. The van der Waals surface area contributed by atoms with Crippen molar-refractivity contribution in [1.29, 1.82) is 0 Å². The smallest absolute Gasteiger partial charge is 0.146 e. The van der Waals surface area contributed by atoms with E-state index in [2.05, 4.69) is 38.0 Å². The summed E-state index contributed by atoms with van der Waals surface area (Å²) in [7, 11) is 4.17. The SMILES string of the molecule is CNCC(C)c1c(C)nc(C2CSCCN2C)nc1C. The minimum atomic E-state index is 0.361. The third-order valence-corrected chi connectivity index (χ3v) is 5.06. The van der Waals surface area contributed by atoms with E-state index < -0.39 is 0 Å². The Morgan fingerprint density at radius 3 is 2.55 bits per heavy atom. The fourth-order valence-electron chi connectivity index (χ4n) is 2.98. The van der Waals surface area contributed by atoms with Crippen LogP contribution in [0.3, 0.4) is 0 Å². The van der Waals surface area contributed by atoms with E-state index in [4.69, 9.17) is 9.97 Å². The zero-order valence-electron chi connectivity index (χ0n) is 13.2. The molecule has 1 aromatic heterocycles. The Bertz CT molecular complexity index is 440. The molecule has 1 aliphatic heterocycles. The van der Waals surface area contributed by atoms with Crippen molar-refractivity contribution >= 4 is 11.8 Å². The molecular formula is C15H26N4S. The number of nitrogens with zero attached hydrogens (tertiary/aromatic N) is 3. The minimum absolute atomic E-state index is 0.361. The molecule has 0 amide bonds. The minimum Gasteiger partial charge on any atom is -0.319 e. The van der Waals surface area contributed by atoms with E-state index in [9.17, 15) is 0 Å². The molecule has 1 fully saturated rings. The fourth-order valence-corrected chi connectivity index (χ4v) is 4.19. The van der Waals surface area contributed by atoms with E-state index in [1.165, 1.54) is 11.3 Å². The molecule has 0 saturated carbocycles. The van der Waals surface area contributed by atoms with Gasteiger partial charge < -0.3 is 5.32 Å². The first-order chi connectivity index (χ1) is 9.54. The molecule has 1 N–H and O–H groups in total. The van der Waals surface area contributed by atoms with Gasteiger partial charge in [-0.15, -0.1) is 0 Å². The summed E-state index contributed by atoms with van der Waals surface area (Å²) in [5, 5.41) is 3.24. The van der Waals surface area contributed by atoms with E-state index >= 15 is 0 Å². The van der Waals surface area contributed by atoms with Crippen LogP contribution in [-0.2, 0) is 0 Å². The van der Waals surface area contributed by atoms with Gasteiger partial charge in [0.15, 0.2) is 0 Å². The average molecular weight is 294 g/mol. The van der Waals surface area contributed by atoms with Crippen LogP contribution in [0.25, 0.3) is 0 Å². The van der Waals surface area contributed by atoms with Gasteiger partial charge in [-0.3, -0.25) is 4.90 Å². The van der Waals surface area contributed by atoms with Crippen LogP contribution in [0.2, 0.25) is 0 Å². The molecule has 2 unspecified atom stereocenters. The van der Waals surface area contributed by atoms with Gasteiger partial charge >= 0.3 is 0 Å². The first-order valence-electron chi connectivity index (χ1n) is 7.32. The Labute approximate surface area is 126 Å². The van der Waals surface area contributed by atoms with Gasteiger partial charge in [0.25, 0.3) is 0 Å². The van der Waals surface area contributed by atoms with Crippen LogP contribution in [0.5, 0.6) is 0 Å². The summed E-state index contributed by atoms with van der Waals surface area (Å²) in [6, 6.07) is 0.361. The Balaban J connectivity index is 2.29. The molecule has 0 radical (unpaired) electrons. The van der Waals surface area contributed by atoms with E-state index in [1.807, 2.05) is 18.8 Å². The Kier molecular flexibility index (Phi) is 5.41. The summed E-state index contributed by atoms with van der Waals surface area (Å²) in [6.07, 6.45) is 0. The highest BCUT2D eigenvalue weighted by atomic mass is 32.2. The summed E-state index contributed by atoms with van der Waals surface area (Å²) < 4.78 is 0. The molecule has 2 rings (SSSR count). The van der Waals surface area contributed by atoms with Crippen molar-refractivity contribution in [3.63, 3.8) is 0 Å². The number of nitrogens with one attached hydrogen (secondary N) is 1. The standard InChI is InChI=1S/C15H26N4S/c1-10(8-16-4)14-11(2)17-15(18-12(14)3)13-9-20-7-6-19(13)5/h10,13,16H,6-9H2,1-5H3. The van der Waals surface area contributed by atoms with Crippen LogP contribution in [0.15, 0.2) is 0 Å². The number of aryl methyl sites for hydroxylation is 2. The van der Waals surface area contributed by atoms with Crippen LogP contribution < -0.4 is 5.32 Å². The molecule has 20 heavy (non-hydrogen) atoms. The number of hydrogen-bond acceptors (Lipinski definition) is 5. The summed E-state index contributed by atoms with van der Waals surface area (Å²) in [5.41, 5.74) is 3.58. The molecule has 0 aliphatic carbocycles. The molecule has 1 aliphatic rings. The first-order valence-corrected chi connectivity index (χ1v) is 8.47. The van der Waals surface area contributed by atoms with Gasteiger partial charge in [-0.25, -0.2) is 9.97 Å². The molecule has 0 aromatic carbocycles. The van der Waals surface area contributed by atoms with Crippen molar-refractivity contribution in [3.8, 4) is 0 Å². The maximum absolute atomic E-state index is 4.82. The summed E-state index contributed by atoms with van der Waals surface area (Å²) >= 11 is 2.00. The lowest BCUT2D eigenvalue weighted by molar-refractivity contribution is 0.263. The van der Waals surface area contributed by atoms with Crippen molar-refractivity contribution in [2.75, 3.05) is 38.7 Å². The van der Waals surface area contributed by atoms with Crippen molar-refractivity contribution < 1.29 is 0 Å². The Morgan fingerprint density at radius 1 is 1.35 bits per heavy atom. The van der Waals surface area contributed by atoms with Gasteiger partial charge in [-0.05, 0) is 39.4 Å². The molecule has 5 heteroatoms. The molecule has 1 aromatic rings. The molecule has 2 heterocycles. The molecule has 4 nitrogen and oxygen atoms in total. The van der Waals surface area contributed by atoms with Crippen LogP contribution in [0.1, 0.15) is 41.7 Å². The van der Waals surface area contributed by atoms with E-state index in [0.717, 1.165) is 36.1 Å². The largest absolute Gasteiger partial charge is 0.319 e. The maximum Gasteiger partial charge on any atom is 0.146 e. The topological polar surface area (TPSA) is 41.1 Å². The van der Waals surface area contributed by atoms with Crippen LogP contribution >= 0.6 is 11.8 Å². The fraction of sp³-hybridized carbons (Fsp3) is 0.733. The number of likely N-dealkylation sites (N-methyl/N-ethyl adjacent to an activating group) is 1. The van der Waals surface area contributed by atoms with Gasteiger partial charge in [0.05, 0.1) is 6.04 Å². The molecular weight excluding hydrogens is 268 g/mol. The van der Waals surface area contributed by atoms with E-state index in [-0.39, 0.29) is 0 Å². The lowest BCUT2D eigenvalue weighted by Crippen LogP contribution is -2.34. The Morgan fingerprint density at radius 2 is 2.00 bits per heavy atom. The average Bonchev–Trinajstić information content (AvgIpc) is 2.38. The van der Waals surface area contributed by atoms with Gasteiger partial charge in [-0.1, -0.05) is 6.92 Å². The van der Waals surface area contributed by atoms with Crippen LogP contribution in [-0.4, -0.2) is 53.6 Å². The predicted molar refractivity (Wildman–Crippen MR) is 86.5 cm³/mol. The second-order valence-electron chi connectivity index (χ2n) is 5.70. The second kappa shape index (κ2) is 6.87. The van der Waals surface area contributed by atoms with Gasteiger partial charge in [0.2, 0.25) is 0 Å². The Hall–Kier alpha value is -0.650. The highest BCUT2D eigenvalue weighted by molar-refractivity contribution is 7.99. The van der Waals surface area contributed by atoms with E-state index in [1.54, 1.807) is 0 Å². The van der Waals surface area contributed by atoms with Crippen molar-refractivity contribution in [1.82, 2.24) is 20.2 Å². The maximum atomic E-state index is 4.82. The zero-order chi connectivity index (χ0) is 14.7. The number of thioether (sulfide) groups is 1. The third-order valence-electron chi connectivity index (χ3n) is 4.04. The quantitative estimate of drug-likeness (QED) is 0.921. The predicted octanol–water partition coefficient (Wildman–Crippen LogP) is 2.14. The molecule has 0 bridgehead atoms. The van der Waals surface area contributed by atoms with Gasteiger partial charge in [0, 0.05) is 36.0 Å². The lowest BCUT2D eigenvalue weighted by atomic mass is 9.98. The second-order valence-corrected chi connectivity index (χ2v) is 6.85. The van der Waals surface area contributed by atoms with Gasteiger partial charge in [-0.2, -0.15) is 11.8 Å². The zero-order valence-corrected chi connectivity index (χ0v) is 14.0. The summed E-state index contributed by atoms with van der Waals surface area (Å²) in [5.74, 6) is 3.76. The molecule has 2 atom stereocenters. The van der Waals surface area contributed by atoms with Gasteiger partial charge in [0.1, 0.15) is 5.82 Å². The number of rotatable bonds is 4. The highest BCUT2D eigenvalue weighted by Gasteiger charge is 2.25. The third kappa shape index (κ3) is 3.32. The van der Waals surface area contributed by atoms with E-state index in [0.29, 0.717) is 12.0 Å². The van der Waals surface area contributed by atoms with Crippen molar-refractivity contribution in [2.24, 2.45) is 0 Å². The van der Waals surface area contributed by atoms with Crippen molar-refractivity contribution in [3.05, 3.63) is 22.8 Å². The van der Waals surface area contributed by atoms with Crippen LogP contribution in [0, 0.1) is 13.8 Å². The van der Waals surface area contributed by atoms with Crippen molar-refractivity contribution in [2.45, 2.75) is 32.7 Å². The number of hydrogen-bond donors (Lipinski definition) is 1. The first kappa shape index (κ1) is 15.7. The van der Waals surface area contributed by atoms with Crippen LogP contribution in [0.4, 0.5) is 0 Å². The normalized spacial score (nSPS) is 21.9. The monoisotopic (exact) mass is 294 g/mol.